The number of benzene rings is 1. The Morgan fingerprint density at radius 1 is 1.35 bits per heavy atom. The van der Waals surface area contributed by atoms with Gasteiger partial charge in [-0.2, -0.15) is 0 Å². The smallest absolute Gasteiger partial charge is 0.222 e. The zero-order valence-electron chi connectivity index (χ0n) is 12.1. The molecular formula is C16H22N2O2. The first kappa shape index (κ1) is 14.6. The molecular weight excluding hydrogens is 252 g/mol. The van der Waals surface area contributed by atoms with Crippen molar-refractivity contribution >= 4 is 16.9 Å². The molecule has 1 aromatic heterocycles. The first-order valence-corrected chi connectivity index (χ1v) is 7.07. The number of nitrogens with two attached hydrogens (primary N) is 1. The van der Waals surface area contributed by atoms with Gasteiger partial charge in [0.15, 0.2) is 0 Å². The molecule has 1 aromatic carbocycles. The molecule has 108 valence electrons. The van der Waals surface area contributed by atoms with Gasteiger partial charge in [0.1, 0.15) is 11.3 Å². The maximum atomic E-state index is 12.1. The predicted octanol–water partition coefficient (Wildman–Crippen LogP) is 3.08. The number of nitrogens with zero attached hydrogens (tertiary/aromatic N) is 1. The van der Waals surface area contributed by atoms with E-state index in [1.165, 1.54) is 0 Å². The molecule has 0 aliphatic heterocycles. The van der Waals surface area contributed by atoms with Crippen LogP contribution in [0, 0.1) is 0 Å². The van der Waals surface area contributed by atoms with Crippen LogP contribution in [-0.4, -0.2) is 24.4 Å². The number of carbonyl (C=O) groups is 1. The van der Waals surface area contributed by atoms with Gasteiger partial charge in [0.25, 0.3) is 0 Å². The van der Waals surface area contributed by atoms with Gasteiger partial charge in [-0.1, -0.05) is 18.2 Å². The molecule has 1 heterocycles. The fourth-order valence-corrected chi connectivity index (χ4v) is 2.21. The minimum absolute atomic E-state index is 0.0622. The molecule has 20 heavy (non-hydrogen) atoms. The molecule has 4 nitrogen and oxygen atoms in total. The molecule has 2 rings (SSSR count). The Balaban J connectivity index is 2.05. The third-order valence-electron chi connectivity index (χ3n) is 3.68. The molecule has 2 N–H and O–H groups in total. The Kier molecular flexibility index (Phi) is 4.79. The van der Waals surface area contributed by atoms with Crippen molar-refractivity contribution in [1.82, 2.24) is 4.90 Å². The van der Waals surface area contributed by atoms with Gasteiger partial charge >= 0.3 is 0 Å². The number of carbonyl (C=O) groups excluding carboxylic acids is 1. The molecule has 1 unspecified atom stereocenters. The van der Waals surface area contributed by atoms with Gasteiger partial charge < -0.3 is 15.1 Å². The van der Waals surface area contributed by atoms with Crippen molar-refractivity contribution in [3.63, 3.8) is 0 Å². The summed E-state index contributed by atoms with van der Waals surface area (Å²) >= 11 is 0. The number of para-hydroxylation sites is 1. The van der Waals surface area contributed by atoms with Crippen molar-refractivity contribution < 1.29 is 9.21 Å². The number of rotatable bonds is 6. The summed E-state index contributed by atoms with van der Waals surface area (Å²) in [5.41, 5.74) is 6.30. The number of amides is 1. The van der Waals surface area contributed by atoms with E-state index in [4.69, 9.17) is 10.2 Å². The standard InChI is InChI=1S/C16H22N2O2/c1-12(18(2)16(19)9-5-6-10-17)15-11-13-7-3-4-8-14(13)20-15/h3-4,7-8,11-12H,5-6,9-10,17H2,1-2H3. The SMILES string of the molecule is CC(c1cc2ccccc2o1)N(C)C(=O)CCCCN. The van der Waals surface area contributed by atoms with Crippen LogP contribution in [0.15, 0.2) is 34.7 Å². The van der Waals surface area contributed by atoms with Gasteiger partial charge in [0, 0.05) is 18.9 Å². The maximum absolute atomic E-state index is 12.1. The number of unbranched alkanes of at least 4 members (excludes halogenated alkanes) is 1. The summed E-state index contributed by atoms with van der Waals surface area (Å²) in [4.78, 5) is 13.8. The predicted molar refractivity (Wildman–Crippen MR) is 80.3 cm³/mol. The van der Waals surface area contributed by atoms with Gasteiger partial charge in [0.05, 0.1) is 6.04 Å². The lowest BCUT2D eigenvalue weighted by atomic mass is 10.1. The molecule has 0 aliphatic rings. The van der Waals surface area contributed by atoms with Crippen LogP contribution in [0.3, 0.4) is 0 Å². The van der Waals surface area contributed by atoms with E-state index in [0.29, 0.717) is 13.0 Å². The van der Waals surface area contributed by atoms with E-state index >= 15 is 0 Å². The number of furan rings is 1. The summed E-state index contributed by atoms with van der Waals surface area (Å²) in [7, 11) is 1.82. The Morgan fingerprint density at radius 2 is 2.10 bits per heavy atom. The highest BCUT2D eigenvalue weighted by atomic mass is 16.3. The van der Waals surface area contributed by atoms with Crippen molar-refractivity contribution in [1.29, 1.82) is 0 Å². The van der Waals surface area contributed by atoms with Crippen LogP contribution < -0.4 is 5.73 Å². The third-order valence-corrected chi connectivity index (χ3v) is 3.68. The van der Waals surface area contributed by atoms with Crippen LogP contribution in [0.2, 0.25) is 0 Å². The molecule has 1 atom stereocenters. The minimum atomic E-state index is -0.0622. The first-order chi connectivity index (χ1) is 9.63. The zero-order chi connectivity index (χ0) is 14.5. The lowest BCUT2D eigenvalue weighted by Gasteiger charge is -2.23. The lowest BCUT2D eigenvalue weighted by molar-refractivity contribution is -0.132. The van der Waals surface area contributed by atoms with Crippen LogP contribution in [0.25, 0.3) is 11.0 Å². The van der Waals surface area contributed by atoms with Crippen LogP contribution >= 0.6 is 0 Å². The summed E-state index contributed by atoms with van der Waals surface area (Å²) in [6.45, 7) is 2.62. The van der Waals surface area contributed by atoms with Crippen molar-refractivity contribution in [3.05, 3.63) is 36.1 Å². The molecule has 0 saturated heterocycles. The number of hydrogen-bond acceptors (Lipinski definition) is 3. The lowest BCUT2D eigenvalue weighted by Crippen LogP contribution is -2.29. The van der Waals surface area contributed by atoms with Crippen molar-refractivity contribution in [2.45, 2.75) is 32.2 Å². The highest BCUT2D eigenvalue weighted by Gasteiger charge is 2.20. The summed E-state index contributed by atoms with van der Waals surface area (Å²) < 4.78 is 5.81. The van der Waals surface area contributed by atoms with Crippen molar-refractivity contribution in [2.75, 3.05) is 13.6 Å². The molecule has 4 heteroatoms. The molecule has 0 aliphatic carbocycles. The summed E-state index contributed by atoms with van der Waals surface area (Å²) in [5, 5.41) is 1.07. The Hall–Kier alpha value is -1.81. The Labute approximate surface area is 119 Å². The molecule has 0 saturated carbocycles. The molecule has 0 bridgehead atoms. The maximum Gasteiger partial charge on any atom is 0.222 e. The highest BCUT2D eigenvalue weighted by molar-refractivity contribution is 5.79. The second kappa shape index (κ2) is 6.57. The van der Waals surface area contributed by atoms with Gasteiger partial charge in [-0.05, 0) is 38.4 Å². The van der Waals surface area contributed by atoms with E-state index in [-0.39, 0.29) is 11.9 Å². The third kappa shape index (κ3) is 3.20. The highest BCUT2D eigenvalue weighted by Crippen LogP contribution is 2.27. The van der Waals surface area contributed by atoms with Crippen molar-refractivity contribution in [3.8, 4) is 0 Å². The normalized spacial score (nSPS) is 12.6. The van der Waals surface area contributed by atoms with E-state index in [9.17, 15) is 4.79 Å². The Bertz CT molecular complexity index is 544. The second-order valence-electron chi connectivity index (χ2n) is 5.11. The molecule has 2 aromatic rings. The van der Waals surface area contributed by atoms with Gasteiger partial charge in [-0.15, -0.1) is 0 Å². The van der Waals surface area contributed by atoms with Crippen LogP contribution in [0.4, 0.5) is 0 Å². The topological polar surface area (TPSA) is 59.5 Å². The minimum Gasteiger partial charge on any atom is -0.459 e. The second-order valence-corrected chi connectivity index (χ2v) is 5.11. The monoisotopic (exact) mass is 274 g/mol. The molecule has 0 fully saturated rings. The Morgan fingerprint density at radius 3 is 2.80 bits per heavy atom. The average Bonchev–Trinajstić information content (AvgIpc) is 2.89. The average molecular weight is 274 g/mol. The van der Waals surface area contributed by atoms with E-state index in [2.05, 4.69) is 0 Å². The van der Waals surface area contributed by atoms with E-state index in [1.54, 1.807) is 4.90 Å². The molecule has 0 spiro atoms. The number of hydrogen-bond donors (Lipinski definition) is 1. The first-order valence-electron chi connectivity index (χ1n) is 7.07. The number of fused-ring (bicyclic) bond motifs is 1. The summed E-state index contributed by atoms with van der Waals surface area (Å²) in [6.07, 6.45) is 2.27. The van der Waals surface area contributed by atoms with Crippen LogP contribution in [-0.2, 0) is 4.79 Å². The largest absolute Gasteiger partial charge is 0.459 e. The van der Waals surface area contributed by atoms with Crippen LogP contribution in [0.1, 0.15) is 38.0 Å². The van der Waals surface area contributed by atoms with Crippen LogP contribution in [0.5, 0.6) is 0 Å². The summed E-state index contributed by atoms with van der Waals surface area (Å²) in [5.74, 6) is 0.951. The quantitative estimate of drug-likeness (QED) is 0.823. The fraction of sp³-hybridized carbons (Fsp3) is 0.438. The van der Waals surface area contributed by atoms with E-state index in [0.717, 1.165) is 29.6 Å². The molecule has 1 amide bonds. The van der Waals surface area contributed by atoms with E-state index < -0.39 is 0 Å². The van der Waals surface area contributed by atoms with Crippen molar-refractivity contribution in [2.24, 2.45) is 5.73 Å². The van der Waals surface area contributed by atoms with Gasteiger partial charge in [-0.25, -0.2) is 0 Å². The fourth-order valence-electron chi connectivity index (χ4n) is 2.21. The van der Waals surface area contributed by atoms with E-state index in [1.807, 2.05) is 44.3 Å². The molecule has 0 radical (unpaired) electrons. The van der Waals surface area contributed by atoms with Gasteiger partial charge in [0.2, 0.25) is 5.91 Å². The zero-order valence-corrected chi connectivity index (χ0v) is 12.1. The van der Waals surface area contributed by atoms with Gasteiger partial charge in [-0.3, -0.25) is 4.79 Å². The summed E-state index contributed by atoms with van der Waals surface area (Å²) in [6, 6.07) is 9.82.